The Balaban J connectivity index is 1.47. The lowest BCUT2D eigenvalue weighted by Gasteiger charge is -2.24. The summed E-state index contributed by atoms with van der Waals surface area (Å²) in [5.41, 5.74) is 0. The first-order valence-corrected chi connectivity index (χ1v) is 8.23. The molecule has 7 nitrogen and oxygen atoms in total. The molecule has 0 unspecified atom stereocenters. The second-order valence-electron chi connectivity index (χ2n) is 5.98. The van der Waals surface area contributed by atoms with Crippen molar-refractivity contribution in [1.82, 2.24) is 20.1 Å². The van der Waals surface area contributed by atoms with Crippen molar-refractivity contribution in [1.29, 1.82) is 0 Å². The van der Waals surface area contributed by atoms with Gasteiger partial charge < -0.3 is 14.4 Å². The number of para-hydroxylation sites is 1. The molecule has 1 aromatic heterocycles. The van der Waals surface area contributed by atoms with E-state index in [2.05, 4.69) is 15.2 Å². The summed E-state index contributed by atoms with van der Waals surface area (Å²) in [6, 6.07) is 6.14. The van der Waals surface area contributed by atoms with Gasteiger partial charge >= 0.3 is 0 Å². The number of carbonyl (C=O) groups is 1. The molecule has 1 aromatic carbocycles. The van der Waals surface area contributed by atoms with E-state index in [1.54, 1.807) is 24.1 Å². The second kappa shape index (κ2) is 8.06. The van der Waals surface area contributed by atoms with E-state index in [4.69, 9.17) is 9.47 Å². The van der Waals surface area contributed by atoms with Crippen molar-refractivity contribution in [3.8, 4) is 5.75 Å². The molecule has 2 atom stereocenters. The van der Waals surface area contributed by atoms with Crippen LogP contribution in [-0.2, 0) is 9.53 Å². The number of H-pyrrole nitrogens is 1. The van der Waals surface area contributed by atoms with Crippen molar-refractivity contribution in [2.45, 2.75) is 24.9 Å². The van der Waals surface area contributed by atoms with Gasteiger partial charge in [-0.05, 0) is 18.6 Å². The first kappa shape index (κ1) is 17.3. The number of amides is 1. The van der Waals surface area contributed by atoms with E-state index < -0.39 is 5.82 Å². The Morgan fingerprint density at radius 1 is 1.48 bits per heavy atom. The van der Waals surface area contributed by atoms with Crippen LogP contribution >= 0.6 is 0 Å². The summed E-state index contributed by atoms with van der Waals surface area (Å²) in [5.74, 6) is 0.529. The van der Waals surface area contributed by atoms with Crippen LogP contribution in [0.3, 0.4) is 0 Å². The molecule has 25 heavy (non-hydrogen) atoms. The lowest BCUT2D eigenvalue weighted by atomic mass is 10.0. The molecular formula is C17H21FN4O3. The van der Waals surface area contributed by atoms with Crippen LogP contribution in [0.15, 0.2) is 30.6 Å². The van der Waals surface area contributed by atoms with E-state index >= 15 is 0 Å². The number of carbonyl (C=O) groups excluding carboxylic acids is 1. The number of hydrogen-bond acceptors (Lipinski definition) is 5. The highest BCUT2D eigenvalue weighted by atomic mass is 19.1. The first-order chi connectivity index (χ1) is 12.1. The molecule has 1 N–H and O–H groups in total. The Morgan fingerprint density at radius 3 is 3.08 bits per heavy atom. The minimum Gasteiger partial charge on any atom is -0.490 e. The van der Waals surface area contributed by atoms with Crippen LogP contribution in [0.2, 0.25) is 0 Å². The fraction of sp³-hybridized carbons (Fsp3) is 0.471. The smallest absolute Gasteiger partial charge is 0.225 e. The molecule has 1 aliphatic rings. The Kier molecular flexibility index (Phi) is 5.60. The zero-order valence-electron chi connectivity index (χ0n) is 14.0. The molecule has 1 saturated heterocycles. The van der Waals surface area contributed by atoms with E-state index in [1.165, 1.54) is 18.5 Å². The number of aromatic nitrogens is 3. The summed E-state index contributed by atoms with van der Waals surface area (Å²) in [6.45, 7) is 1.22. The van der Waals surface area contributed by atoms with Gasteiger partial charge in [0, 0.05) is 26.1 Å². The van der Waals surface area contributed by atoms with Gasteiger partial charge in [-0.3, -0.25) is 9.89 Å². The molecule has 1 aliphatic heterocycles. The van der Waals surface area contributed by atoms with Gasteiger partial charge in [-0.25, -0.2) is 9.37 Å². The van der Waals surface area contributed by atoms with Gasteiger partial charge in [-0.2, -0.15) is 5.10 Å². The SMILES string of the molecule is CN(C[C@H]1OCC[C@H]1c1ncn[nH]1)C(=O)CCOc1ccccc1F. The molecule has 2 aromatic rings. The van der Waals surface area contributed by atoms with E-state index in [1.807, 2.05) is 0 Å². The molecule has 0 radical (unpaired) electrons. The molecule has 134 valence electrons. The van der Waals surface area contributed by atoms with Crippen LogP contribution in [0.4, 0.5) is 4.39 Å². The quantitative estimate of drug-likeness (QED) is 0.824. The number of nitrogens with zero attached hydrogens (tertiary/aromatic N) is 3. The minimum absolute atomic E-state index is 0.0804. The normalized spacial score (nSPS) is 19.8. The minimum atomic E-state index is -0.433. The summed E-state index contributed by atoms with van der Waals surface area (Å²) in [4.78, 5) is 18.1. The van der Waals surface area contributed by atoms with Gasteiger partial charge in [0.25, 0.3) is 0 Å². The lowest BCUT2D eigenvalue weighted by molar-refractivity contribution is -0.131. The average molecular weight is 348 g/mol. The highest BCUT2D eigenvalue weighted by Crippen LogP contribution is 2.29. The van der Waals surface area contributed by atoms with E-state index in [-0.39, 0.29) is 36.7 Å². The van der Waals surface area contributed by atoms with E-state index in [0.717, 1.165) is 12.2 Å². The fourth-order valence-corrected chi connectivity index (χ4v) is 2.91. The van der Waals surface area contributed by atoms with Gasteiger partial charge in [0.2, 0.25) is 5.91 Å². The summed E-state index contributed by atoms with van der Waals surface area (Å²) in [6.07, 6.45) is 2.37. The van der Waals surface area contributed by atoms with Crippen molar-refractivity contribution in [3.63, 3.8) is 0 Å². The zero-order chi connectivity index (χ0) is 17.6. The van der Waals surface area contributed by atoms with Crippen LogP contribution in [-0.4, -0.2) is 58.9 Å². The van der Waals surface area contributed by atoms with Crippen molar-refractivity contribution in [2.24, 2.45) is 0 Å². The Hall–Kier alpha value is -2.48. The van der Waals surface area contributed by atoms with E-state index in [9.17, 15) is 9.18 Å². The third-order valence-electron chi connectivity index (χ3n) is 4.28. The number of aromatic amines is 1. The predicted octanol–water partition coefficient (Wildman–Crippen LogP) is 1.74. The summed E-state index contributed by atoms with van der Waals surface area (Å²) in [7, 11) is 1.73. The number of benzene rings is 1. The third kappa shape index (κ3) is 4.33. The molecule has 2 heterocycles. The standard InChI is InChI=1S/C17H21FN4O3/c1-22(10-15-12(6-8-25-15)17-19-11-20-21-17)16(23)7-9-24-14-5-3-2-4-13(14)18/h2-5,11-12,15H,6-10H2,1H3,(H,19,20,21)/t12-,15-/m1/s1. The highest BCUT2D eigenvalue weighted by molar-refractivity contribution is 5.76. The average Bonchev–Trinajstić information content (AvgIpc) is 3.27. The highest BCUT2D eigenvalue weighted by Gasteiger charge is 2.33. The van der Waals surface area contributed by atoms with Crippen LogP contribution in [0.5, 0.6) is 5.75 Å². The molecule has 8 heteroatoms. The summed E-state index contributed by atoms with van der Waals surface area (Å²) < 4.78 is 24.5. The summed E-state index contributed by atoms with van der Waals surface area (Å²) >= 11 is 0. The lowest BCUT2D eigenvalue weighted by Crippen LogP contribution is -2.37. The van der Waals surface area contributed by atoms with Gasteiger partial charge in [-0.1, -0.05) is 12.1 Å². The van der Waals surface area contributed by atoms with Crippen molar-refractivity contribution >= 4 is 5.91 Å². The molecule has 3 rings (SSSR count). The molecule has 0 aliphatic carbocycles. The summed E-state index contributed by atoms with van der Waals surface area (Å²) in [5, 5.41) is 6.74. The number of hydrogen-bond donors (Lipinski definition) is 1. The van der Waals surface area contributed by atoms with Gasteiger partial charge in [-0.15, -0.1) is 0 Å². The predicted molar refractivity (Wildman–Crippen MR) is 87.6 cm³/mol. The Morgan fingerprint density at radius 2 is 2.32 bits per heavy atom. The number of ether oxygens (including phenoxy) is 2. The van der Waals surface area contributed by atoms with Gasteiger partial charge in [0.15, 0.2) is 11.6 Å². The maximum atomic E-state index is 13.5. The number of nitrogens with one attached hydrogen (secondary N) is 1. The Bertz CT molecular complexity index is 695. The number of halogens is 1. The van der Waals surface area contributed by atoms with Crippen molar-refractivity contribution < 1.29 is 18.7 Å². The van der Waals surface area contributed by atoms with Crippen LogP contribution < -0.4 is 4.74 Å². The fourth-order valence-electron chi connectivity index (χ4n) is 2.91. The maximum absolute atomic E-state index is 13.5. The monoisotopic (exact) mass is 348 g/mol. The molecular weight excluding hydrogens is 327 g/mol. The van der Waals surface area contributed by atoms with Gasteiger partial charge in [0.1, 0.15) is 12.2 Å². The van der Waals surface area contributed by atoms with Gasteiger partial charge in [0.05, 0.1) is 19.1 Å². The Labute approximate surface area is 145 Å². The molecule has 0 spiro atoms. The largest absolute Gasteiger partial charge is 0.490 e. The molecule has 1 fully saturated rings. The number of rotatable bonds is 7. The second-order valence-corrected chi connectivity index (χ2v) is 5.98. The third-order valence-corrected chi connectivity index (χ3v) is 4.28. The van der Waals surface area contributed by atoms with Crippen LogP contribution in [0, 0.1) is 5.82 Å². The number of likely N-dealkylation sites (N-methyl/N-ethyl adjacent to an activating group) is 1. The zero-order valence-corrected chi connectivity index (χ0v) is 14.0. The van der Waals surface area contributed by atoms with Crippen LogP contribution in [0.25, 0.3) is 0 Å². The van der Waals surface area contributed by atoms with Crippen LogP contribution in [0.1, 0.15) is 24.6 Å². The van der Waals surface area contributed by atoms with Crippen molar-refractivity contribution in [3.05, 3.63) is 42.2 Å². The maximum Gasteiger partial charge on any atom is 0.225 e. The molecule has 0 bridgehead atoms. The molecule has 1 amide bonds. The van der Waals surface area contributed by atoms with Crippen molar-refractivity contribution in [2.75, 3.05) is 26.8 Å². The molecule has 0 saturated carbocycles. The first-order valence-electron chi connectivity index (χ1n) is 8.23. The van der Waals surface area contributed by atoms with E-state index in [0.29, 0.717) is 13.2 Å². The topological polar surface area (TPSA) is 80.3 Å².